The lowest BCUT2D eigenvalue weighted by Crippen LogP contribution is -2.15. The van der Waals surface area contributed by atoms with Gasteiger partial charge in [0.1, 0.15) is 16.4 Å². The molecule has 0 spiro atoms. The van der Waals surface area contributed by atoms with Gasteiger partial charge in [0.05, 0.1) is 19.9 Å². The van der Waals surface area contributed by atoms with Crippen molar-refractivity contribution in [3.8, 4) is 11.5 Å². The van der Waals surface area contributed by atoms with Crippen molar-refractivity contribution >= 4 is 27.3 Å². The molecule has 0 atom stereocenters. The highest BCUT2D eigenvalue weighted by molar-refractivity contribution is 7.92. The Bertz CT molecular complexity index is 790. The van der Waals surface area contributed by atoms with Crippen molar-refractivity contribution in [3.05, 3.63) is 47.0 Å². The normalized spacial score (nSPS) is 11.1. The van der Waals surface area contributed by atoms with E-state index in [9.17, 15) is 8.42 Å². The van der Waals surface area contributed by atoms with Gasteiger partial charge in [-0.2, -0.15) is 0 Å². The number of nitrogens with one attached hydrogen (secondary N) is 1. The van der Waals surface area contributed by atoms with Crippen LogP contribution in [-0.2, 0) is 10.0 Å². The molecule has 1 N–H and O–H groups in total. The van der Waals surface area contributed by atoms with Crippen LogP contribution >= 0.6 is 11.6 Å². The average molecular weight is 342 g/mol. The van der Waals surface area contributed by atoms with Crippen molar-refractivity contribution < 1.29 is 17.9 Å². The predicted molar refractivity (Wildman–Crippen MR) is 86.5 cm³/mol. The molecular formula is C15H16ClNO4S. The van der Waals surface area contributed by atoms with Crippen LogP contribution in [0.25, 0.3) is 0 Å². The lowest BCUT2D eigenvalue weighted by atomic mass is 10.2. The van der Waals surface area contributed by atoms with Gasteiger partial charge in [-0.3, -0.25) is 4.72 Å². The summed E-state index contributed by atoms with van der Waals surface area (Å²) in [4.78, 5) is 0.0528. The van der Waals surface area contributed by atoms with Gasteiger partial charge in [-0.05, 0) is 42.8 Å². The summed E-state index contributed by atoms with van der Waals surface area (Å²) in [5, 5.41) is 0.398. The van der Waals surface area contributed by atoms with Crippen LogP contribution in [0.1, 0.15) is 5.56 Å². The first kappa shape index (κ1) is 16.5. The number of anilines is 1. The van der Waals surface area contributed by atoms with Gasteiger partial charge in [-0.25, -0.2) is 8.42 Å². The van der Waals surface area contributed by atoms with E-state index in [0.29, 0.717) is 10.8 Å². The summed E-state index contributed by atoms with van der Waals surface area (Å²) in [6.07, 6.45) is 0. The molecule has 2 aromatic rings. The molecular weight excluding hydrogens is 326 g/mol. The van der Waals surface area contributed by atoms with E-state index in [-0.39, 0.29) is 16.3 Å². The maximum absolute atomic E-state index is 12.6. The molecule has 0 amide bonds. The van der Waals surface area contributed by atoms with E-state index in [1.807, 2.05) is 0 Å². The summed E-state index contributed by atoms with van der Waals surface area (Å²) in [6.45, 7) is 1.80. The van der Waals surface area contributed by atoms with Gasteiger partial charge in [-0.15, -0.1) is 0 Å². The fourth-order valence-corrected chi connectivity index (χ4v) is 3.44. The second-order valence-corrected chi connectivity index (χ2v) is 6.69. The van der Waals surface area contributed by atoms with Crippen LogP contribution in [0, 0.1) is 6.92 Å². The van der Waals surface area contributed by atoms with E-state index < -0.39 is 10.0 Å². The topological polar surface area (TPSA) is 64.6 Å². The number of hydrogen-bond acceptors (Lipinski definition) is 4. The monoisotopic (exact) mass is 341 g/mol. The van der Waals surface area contributed by atoms with Crippen LogP contribution in [-0.4, -0.2) is 22.6 Å². The first-order chi connectivity index (χ1) is 10.4. The van der Waals surface area contributed by atoms with Crippen molar-refractivity contribution in [1.82, 2.24) is 0 Å². The van der Waals surface area contributed by atoms with E-state index in [1.54, 1.807) is 31.2 Å². The lowest BCUT2D eigenvalue weighted by molar-refractivity contribution is 0.402. The van der Waals surface area contributed by atoms with Gasteiger partial charge >= 0.3 is 0 Å². The molecule has 2 aromatic carbocycles. The minimum absolute atomic E-state index is 0.0528. The van der Waals surface area contributed by atoms with Crippen LogP contribution in [0.15, 0.2) is 41.3 Å². The van der Waals surface area contributed by atoms with Crippen LogP contribution < -0.4 is 14.2 Å². The van der Waals surface area contributed by atoms with Gasteiger partial charge in [-0.1, -0.05) is 17.7 Å². The van der Waals surface area contributed by atoms with Gasteiger partial charge in [0.2, 0.25) is 0 Å². The van der Waals surface area contributed by atoms with Crippen molar-refractivity contribution in [3.63, 3.8) is 0 Å². The van der Waals surface area contributed by atoms with E-state index in [1.165, 1.54) is 26.4 Å². The van der Waals surface area contributed by atoms with Crippen LogP contribution in [0.3, 0.4) is 0 Å². The number of methoxy groups -OCH3 is 2. The molecule has 118 valence electrons. The minimum Gasteiger partial charge on any atom is -0.495 e. The first-order valence-corrected chi connectivity index (χ1v) is 8.24. The Morgan fingerprint density at radius 1 is 1.00 bits per heavy atom. The zero-order chi connectivity index (χ0) is 16.3. The summed E-state index contributed by atoms with van der Waals surface area (Å²) < 4.78 is 38.0. The molecule has 7 heteroatoms. The number of sulfonamides is 1. The SMILES string of the molecule is COc1ccc(Cl)cc1NS(=O)(=O)c1cc(C)ccc1OC. The van der Waals surface area contributed by atoms with Crippen LogP contribution in [0.4, 0.5) is 5.69 Å². The third kappa shape index (κ3) is 3.45. The summed E-state index contributed by atoms with van der Waals surface area (Å²) in [6, 6.07) is 9.62. The average Bonchev–Trinajstić information content (AvgIpc) is 2.47. The van der Waals surface area contributed by atoms with Gasteiger partial charge in [0.25, 0.3) is 10.0 Å². The summed E-state index contributed by atoms with van der Waals surface area (Å²) in [7, 11) is -0.969. The van der Waals surface area contributed by atoms with Gasteiger partial charge in [0, 0.05) is 5.02 Å². The molecule has 2 rings (SSSR count). The summed E-state index contributed by atoms with van der Waals surface area (Å²) in [5.41, 5.74) is 1.07. The number of benzene rings is 2. The van der Waals surface area contributed by atoms with Crippen LogP contribution in [0.5, 0.6) is 11.5 Å². The Morgan fingerprint density at radius 2 is 1.64 bits per heavy atom. The molecule has 22 heavy (non-hydrogen) atoms. The fourth-order valence-electron chi connectivity index (χ4n) is 1.95. The second-order valence-electron chi connectivity index (χ2n) is 4.60. The molecule has 0 radical (unpaired) electrons. The Labute approximate surface area is 134 Å². The third-order valence-electron chi connectivity index (χ3n) is 3.01. The molecule has 0 unspecified atom stereocenters. The molecule has 0 aromatic heterocycles. The maximum atomic E-state index is 12.6. The third-order valence-corrected chi connectivity index (χ3v) is 4.64. The maximum Gasteiger partial charge on any atom is 0.265 e. The lowest BCUT2D eigenvalue weighted by Gasteiger charge is -2.14. The smallest absolute Gasteiger partial charge is 0.265 e. The molecule has 0 bridgehead atoms. The molecule has 0 saturated heterocycles. The van der Waals surface area contributed by atoms with E-state index >= 15 is 0 Å². The zero-order valence-electron chi connectivity index (χ0n) is 12.4. The van der Waals surface area contributed by atoms with Gasteiger partial charge < -0.3 is 9.47 Å². The molecule has 0 aliphatic carbocycles. The van der Waals surface area contributed by atoms with Crippen molar-refractivity contribution in [2.24, 2.45) is 0 Å². The Morgan fingerprint density at radius 3 is 2.27 bits per heavy atom. The molecule has 0 aliphatic rings. The van der Waals surface area contributed by atoms with Crippen molar-refractivity contribution in [2.45, 2.75) is 11.8 Å². The van der Waals surface area contributed by atoms with Crippen molar-refractivity contribution in [1.29, 1.82) is 0 Å². The quantitative estimate of drug-likeness (QED) is 0.904. The minimum atomic E-state index is -3.84. The molecule has 0 saturated carbocycles. The van der Waals surface area contributed by atoms with E-state index in [2.05, 4.69) is 4.72 Å². The highest BCUT2D eigenvalue weighted by atomic mass is 35.5. The van der Waals surface area contributed by atoms with Crippen LogP contribution in [0.2, 0.25) is 5.02 Å². The number of hydrogen-bond donors (Lipinski definition) is 1. The zero-order valence-corrected chi connectivity index (χ0v) is 14.0. The molecule has 0 heterocycles. The van der Waals surface area contributed by atoms with Gasteiger partial charge in [0.15, 0.2) is 0 Å². The number of ether oxygens (including phenoxy) is 2. The number of rotatable bonds is 5. The molecule has 5 nitrogen and oxygen atoms in total. The summed E-state index contributed by atoms with van der Waals surface area (Å²) >= 11 is 5.92. The highest BCUT2D eigenvalue weighted by Crippen LogP contribution is 2.32. The molecule has 0 fully saturated rings. The number of halogens is 1. The fraction of sp³-hybridized carbons (Fsp3) is 0.200. The van der Waals surface area contributed by atoms with E-state index in [0.717, 1.165) is 5.56 Å². The highest BCUT2D eigenvalue weighted by Gasteiger charge is 2.21. The Kier molecular flexibility index (Phi) is 4.83. The van der Waals surface area contributed by atoms with E-state index in [4.69, 9.17) is 21.1 Å². The Hall–Kier alpha value is -1.92. The first-order valence-electron chi connectivity index (χ1n) is 6.38. The predicted octanol–water partition coefficient (Wildman–Crippen LogP) is 3.47. The molecule has 0 aliphatic heterocycles. The van der Waals surface area contributed by atoms with Crippen molar-refractivity contribution in [2.75, 3.05) is 18.9 Å². The summed E-state index contributed by atoms with van der Waals surface area (Å²) in [5.74, 6) is 0.638. The number of aryl methyl sites for hydroxylation is 1. The second kappa shape index (κ2) is 6.46. The Balaban J connectivity index is 2.49. The largest absolute Gasteiger partial charge is 0.495 e. The standard InChI is InChI=1S/C15H16ClNO4S/c1-10-4-6-14(21-3)15(8-10)22(18,19)17-12-9-11(16)5-7-13(12)20-2/h4-9,17H,1-3H3.